The van der Waals surface area contributed by atoms with Gasteiger partial charge in [0.1, 0.15) is 0 Å². The van der Waals surface area contributed by atoms with E-state index in [0.29, 0.717) is 20.9 Å². The van der Waals surface area contributed by atoms with Gasteiger partial charge in [-0.15, -0.1) is 0 Å². The standard InChI is InChI=1S/C2H4Te.2CH3.Sn/c1-3-2;;;/h1-2H2;2*1H3;. The van der Waals surface area contributed by atoms with E-state index in [4.69, 9.17) is 0 Å². The predicted octanol–water partition coefficient (Wildman–Crippen LogP) is 1.33. The molecule has 1 aliphatic rings. The third-order valence-corrected chi connectivity index (χ3v) is 44.4. The minimum absolute atomic E-state index is 0.656. The van der Waals surface area contributed by atoms with Crippen molar-refractivity contribution in [3.8, 4) is 0 Å². The van der Waals surface area contributed by atoms with Crippen LogP contribution in [0.15, 0.2) is 0 Å². The van der Waals surface area contributed by atoms with Crippen LogP contribution in [-0.4, -0.2) is 39.3 Å². The van der Waals surface area contributed by atoms with Crippen LogP contribution in [0.4, 0.5) is 0 Å². The molecule has 6 heavy (non-hydrogen) atoms. The predicted molar refractivity (Wildman–Crippen MR) is 32.8 cm³/mol. The number of hydrogen-bond donors (Lipinski definition) is 0. The molecule has 0 radical (unpaired) electrons. The molecule has 2 heteroatoms. The molecule has 36 valence electrons. The van der Waals surface area contributed by atoms with E-state index in [9.17, 15) is 0 Å². The van der Waals surface area contributed by atoms with Gasteiger partial charge in [-0.2, -0.15) is 0 Å². The maximum absolute atomic E-state index is 2.57. The quantitative estimate of drug-likeness (QED) is 0.592. The summed E-state index contributed by atoms with van der Waals surface area (Å²) in [4.78, 5) is 5.14. The van der Waals surface area contributed by atoms with Gasteiger partial charge in [0.2, 0.25) is 0 Å². The summed E-state index contributed by atoms with van der Waals surface area (Å²) >= 11 is -0.337. The number of rotatable bonds is 0. The molecule has 0 aliphatic carbocycles. The summed E-state index contributed by atoms with van der Waals surface area (Å²) in [5, 5.41) is 0. The molecule has 0 N–H and O–H groups in total. The molecule has 1 aliphatic heterocycles. The van der Waals surface area contributed by atoms with Crippen LogP contribution >= 0.6 is 0 Å². The van der Waals surface area contributed by atoms with Gasteiger partial charge in [0.15, 0.2) is 0 Å². The van der Waals surface area contributed by atoms with Crippen LogP contribution < -0.4 is 0 Å². The average molecular weight is 304 g/mol. The second-order valence-corrected chi connectivity index (χ2v) is 28.9. The molecule has 0 spiro atoms. The molecule has 1 fully saturated rings. The van der Waals surface area contributed by atoms with Gasteiger partial charge < -0.3 is 0 Å². The minimum atomic E-state index is -0.993. The summed E-state index contributed by atoms with van der Waals surface area (Å²) in [6, 6.07) is 0. The van der Waals surface area contributed by atoms with E-state index in [-0.39, 0.29) is 0 Å². The van der Waals surface area contributed by atoms with E-state index in [0.717, 1.165) is 0 Å². The molecular weight excluding hydrogens is 294 g/mol. The van der Waals surface area contributed by atoms with Crippen LogP contribution in [0.1, 0.15) is 0 Å². The van der Waals surface area contributed by atoms with Crippen molar-refractivity contribution in [2.24, 2.45) is 0 Å². The van der Waals surface area contributed by atoms with Crippen molar-refractivity contribution in [2.45, 2.75) is 14.8 Å². The van der Waals surface area contributed by atoms with Gasteiger partial charge >= 0.3 is 54.1 Å². The Balaban J connectivity index is 2.31. The van der Waals surface area contributed by atoms with E-state index in [1.54, 1.807) is 4.97 Å². The van der Waals surface area contributed by atoms with E-state index in [2.05, 4.69) is 9.88 Å². The summed E-state index contributed by atoms with van der Waals surface area (Å²) in [6.07, 6.45) is 0. The fraction of sp³-hybridized carbons (Fsp3) is 1.00. The molecule has 0 nitrogen and oxygen atoms in total. The molecule has 1 rings (SSSR count). The van der Waals surface area contributed by atoms with E-state index < -0.39 is 18.4 Å². The van der Waals surface area contributed by atoms with Crippen molar-refractivity contribution in [3.05, 3.63) is 0 Å². The molecule has 0 aromatic rings. The molecule has 0 aromatic heterocycles. The van der Waals surface area contributed by atoms with Gasteiger partial charge in [-0.3, -0.25) is 0 Å². The summed E-state index contributed by atoms with van der Waals surface area (Å²) in [5.74, 6) is 0. The summed E-state index contributed by atoms with van der Waals surface area (Å²) < 4.78 is 3.58. The van der Waals surface area contributed by atoms with Crippen molar-refractivity contribution >= 4 is 39.3 Å². The molecule has 0 amide bonds. The maximum atomic E-state index is 2.57. The Kier molecular flexibility index (Phi) is 1.75. The first-order valence-corrected chi connectivity index (χ1v) is 15.3. The Morgan fingerprint density at radius 2 is 1.67 bits per heavy atom. The normalized spacial score (nSPS) is 29.0. The molecule has 1 heterocycles. The molecule has 0 aromatic carbocycles. The Bertz CT molecular complexity index is 54.6. The third kappa shape index (κ3) is 1.28. The molecule has 0 unspecified atom stereocenters. The SMILES string of the molecule is [CH3][Sn]1([CH3])[CH2][Te][CH2]1. The van der Waals surface area contributed by atoms with Crippen LogP contribution in [0.5, 0.6) is 0 Å². The van der Waals surface area contributed by atoms with E-state index >= 15 is 0 Å². The zero-order valence-electron chi connectivity index (χ0n) is 4.32. The zero-order chi connectivity index (χ0) is 4.62. The molecule has 0 bridgehead atoms. The zero-order valence-corrected chi connectivity index (χ0v) is 9.51. The van der Waals surface area contributed by atoms with Crippen LogP contribution in [0.2, 0.25) is 14.8 Å². The third-order valence-electron chi connectivity index (χ3n) is 0.986. The van der Waals surface area contributed by atoms with Gasteiger partial charge in [0.25, 0.3) is 0 Å². The Labute approximate surface area is 53.6 Å². The van der Waals surface area contributed by atoms with Gasteiger partial charge in [0.05, 0.1) is 0 Å². The van der Waals surface area contributed by atoms with Crippen molar-refractivity contribution in [1.82, 2.24) is 0 Å². The second-order valence-electron chi connectivity index (χ2n) is 2.66. The Hall–Kier alpha value is 1.59. The first kappa shape index (κ1) is 5.72. The van der Waals surface area contributed by atoms with Crippen LogP contribution in [0.3, 0.4) is 0 Å². The van der Waals surface area contributed by atoms with Crippen LogP contribution in [0.25, 0.3) is 0 Å². The average Bonchev–Trinajstić information content (AvgIpc) is 1.32. The summed E-state index contributed by atoms with van der Waals surface area (Å²) in [5.41, 5.74) is 0. The van der Waals surface area contributed by atoms with Crippen LogP contribution in [-0.2, 0) is 0 Å². The monoisotopic (exact) mass is 308 g/mol. The number of hydrogen-bond acceptors (Lipinski definition) is 0. The topological polar surface area (TPSA) is 0 Å². The van der Waals surface area contributed by atoms with Gasteiger partial charge in [0, 0.05) is 0 Å². The molecule has 0 atom stereocenters. The molecule has 1 saturated heterocycles. The fourth-order valence-electron chi connectivity index (χ4n) is 0.510. The first-order chi connectivity index (χ1) is 2.71. The molecular formula is C4H10SnTe. The Morgan fingerprint density at radius 1 is 1.33 bits per heavy atom. The van der Waals surface area contributed by atoms with Gasteiger partial charge in [-0.1, -0.05) is 0 Å². The van der Waals surface area contributed by atoms with E-state index in [1.165, 1.54) is 0 Å². The van der Waals surface area contributed by atoms with Crippen molar-refractivity contribution in [1.29, 1.82) is 0 Å². The Morgan fingerprint density at radius 3 is 1.67 bits per heavy atom. The summed E-state index contributed by atoms with van der Waals surface area (Å²) in [7, 11) is 0. The first-order valence-electron chi connectivity index (χ1n) is 2.28. The van der Waals surface area contributed by atoms with Gasteiger partial charge in [-0.05, 0) is 0 Å². The van der Waals surface area contributed by atoms with Crippen molar-refractivity contribution in [2.75, 3.05) is 0 Å². The fourth-order valence-corrected chi connectivity index (χ4v) is 23.0. The van der Waals surface area contributed by atoms with Crippen molar-refractivity contribution in [3.63, 3.8) is 0 Å². The van der Waals surface area contributed by atoms with Crippen molar-refractivity contribution < 1.29 is 0 Å². The summed E-state index contributed by atoms with van der Waals surface area (Å²) in [6.45, 7) is 0. The molecule has 0 saturated carbocycles. The van der Waals surface area contributed by atoms with Crippen LogP contribution in [0, 0.1) is 0 Å². The van der Waals surface area contributed by atoms with E-state index in [1.807, 2.05) is 0 Å². The van der Waals surface area contributed by atoms with Gasteiger partial charge in [-0.25, -0.2) is 0 Å². The second kappa shape index (κ2) is 1.84.